The fourth-order valence-corrected chi connectivity index (χ4v) is 4.15. The molecule has 0 unspecified atom stereocenters. The average Bonchev–Trinajstić information content (AvgIpc) is 3.42. The Morgan fingerprint density at radius 3 is 2.79 bits per heavy atom. The van der Waals surface area contributed by atoms with E-state index in [4.69, 9.17) is 0 Å². The Kier molecular flexibility index (Phi) is 5.59. The summed E-state index contributed by atoms with van der Waals surface area (Å²) in [6, 6.07) is 12.5. The smallest absolute Gasteiger partial charge is 0.337 e. The second-order valence-corrected chi connectivity index (χ2v) is 7.89. The molecular formula is C20H16N4O3S2. The van der Waals surface area contributed by atoms with E-state index in [-0.39, 0.29) is 11.7 Å². The van der Waals surface area contributed by atoms with Crippen LogP contribution in [0.3, 0.4) is 0 Å². The van der Waals surface area contributed by atoms with Crippen molar-refractivity contribution in [1.29, 1.82) is 0 Å². The Morgan fingerprint density at radius 1 is 1.24 bits per heavy atom. The number of hydrogen-bond donors (Lipinski definition) is 1. The van der Waals surface area contributed by atoms with Gasteiger partial charge in [-0.2, -0.15) is 5.10 Å². The van der Waals surface area contributed by atoms with Crippen molar-refractivity contribution in [2.45, 2.75) is 5.03 Å². The van der Waals surface area contributed by atoms with Crippen LogP contribution in [0.15, 0.2) is 65.3 Å². The molecule has 0 aliphatic heterocycles. The highest BCUT2D eigenvalue weighted by molar-refractivity contribution is 8.00. The van der Waals surface area contributed by atoms with E-state index >= 15 is 0 Å². The van der Waals surface area contributed by atoms with Gasteiger partial charge in [-0.25, -0.2) is 14.3 Å². The van der Waals surface area contributed by atoms with Crippen LogP contribution in [0.25, 0.3) is 16.1 Å². The molecule has 0 aliphatic carbocycles. The van der Waals surface area contributed by atoms with Crippen molar-refractivity contribution in [1.82, 2.24) is 14.6 Å². The number of rotatable bonds is 6. The Balaban J connectivity index is 1.42. The number of nitrogens with one attached hydrogen (secondary N) is 1. The maximum absolute atomic E-state index is 12.3. The van der Waals surface area contributed by atoms with Crippen LogP contribution < -0.4 is 5.32 Å². The number of carbonyl (C=O) groups excluding carboxylic acids is 2. The molecule has 0 saturated carbocycles. The maximum atomic E-state index is 12.3. The summed E-state index contributed by atoms with van der Waals surface area (Å²) in [6.45, 7) is 0. The van der Waals surface area contributed by atoms with Gasteiger partial charge in [-0.15, -0.1) is 11.3 Å². The van der Waals surface area contributed by atoms with Crippen molar-refractivity contribution in [3.63, 3.8) is 0 Å². The van der Waals surface area contributed by atoms with Crippen molar-refractivity contribution in [2.75, 3.05) is 18.2 Å². The van der Waals surface area contributed by atoms with Gasteiger partial charge in [-0.05, 0) is 41.8 Å². The fraction of sp³-hybridized carbons (Fsp3) is 0.100. The monoisotopic (exact) mass is 424 g/mol. The third-order valence-electron chi connectivity index (χ3n) is 4.06. The molecule has 0 atom stereocenters. The molecule has 3 aromatic heterocycles. The van der Waals surface area contributed by atoms with E-state index in [1.165, 1.54) is 18.9 Å². The lowest BCUT2D eigenvalue weighted by Crippen LogP contribution is -2.14. The van der Waals surface area contributed by atoms with Crippen LogP contribution in [0.4, 0.5) is 5.69 Å². The summed E-state index contributed by atoms with van der Waals surface area (Å²) in [4.78, 5) is 29.3. The average molecular weight is 425 g/mol. The summed E-state index contributed by atoms with van der Waals surface area (Å²) in [5.41, 5.74) is 2.78. The molecule has 29 heavy (non-hydrogen) atoms. The first-order valence-electron chi connectivity index (χ1n) is 8.63. The van der Waals surface area contributed by atoms with Gasteiger partial charge in [0.1, 0.15) is 10.7 Å². The molecule has 4 aromatic rings. The van der Waals surface area contributed by atoms with Crippen molar-refractivity contribution in [2.24, 2.45) is 0 Å². The first-order chi connectivity index (χ1) is 14.1. The van der Waals surface area contributed by atoms with E-state index < -0.39 is 5.97 Å². The summed E-state index contributed by atoms with van der Waals surface area (Å²) in [5.74, 6) is -0.381. The van der Waals surface area contributed by atoms with Crippen LogP contribution in [0.1, 0.15) is 10.4 Å². The number of methoxy groups -OCH3 is 1. The summed E-state index contributed by atoms with van der Waals surface area (Å²) in [6.07, 6.45) is 3.46. The van der Waals surface area contributed by atoms with Crippen molar-refractivity contribution < 1.29 is 14.3 Å². The van der Waals surface area contributed by atoms with Crippen LogP contribution in [-0.2, 0) is 9.53 Å². The Bertz CT molecular complexity index is 1150. The quantitative estimate of drug-likeness (QED) is 0.372. The number of fused-ring (bicyclic) bond motifs is 1. The minimum absolute atomic E-state index is 0.164. The molecular weight excluding hydrogens is 408 g/mol. The molecule has 0 spiro atoms. The van der Waals surface area contributed by atoms with Gasteiger partial charge in [-0.3, -0.25) is 4.79 Å². The van der Waals surface area contributed by atoms with Crippen LogP contribution in [0, 0.1) is 0 Å². The summed E-state index contributed by atoms with van der Waals surface area (Å²) >= 11 is 2.97. The first-order valence-corrected chi connectivity index (χ1v) is 10.5. The molecule has 0 radical (unpaired) electrons. The van der Waals surface area contributed by atoms with Crippen molar-refractivity contribution in [3.05, 3.63) is 65.8 Å². The number of hydrogen-bond acceptors (Lipinski definition) is 7. The minimum Gasteiger partial charge on any atom is -0.465 e. The Morgan fingerprint density at radius 2 is 2.07 bits per heavy atom. The number of amides is 1. The van der Waals surface area contributed by atoms with E-state index in [0.717, 1.165) is 21.1 Å². The van der Waals surface area contributed by atoms with Crippen LogP contribution in [0.2, 0.25) is 0 Å². The predicted octanol–water partition coefficient (Wildman–Crippen LogP) is 3.98. The van der Waals surface area contributed by atoms with Gasteiger partial charge in [0, 0.05) is 18.1 Å². The Labute approximate surface area is 174 Å². The Hall–Kier alpha value is -3.17. The lowest BCUT2D eigenvalue weighted by atomic mass is 10.2. The molecule has 0 fully saturated rings. The number of anilines is 1. The largest absolute Gasteiger partial charge is 0.465 e. The summed E-state index contributed by atoms with van der Waals surface area (Å²) in [5, 5.41) is 10.1. The van der Waals surface area contributed by atoms with Gasteiger partial charge in [0.15, 0.2) is 0 Å². The van der Waals surface area contributed by atoms with Gasteiger partial charge in [0.05, 0.1) is 28.8 Å². The van der Waals surface area contributed by atoms with Gasteiger partial charge < -0.3 is 10.1 Å². The molecule has 3 heterocycles. The third-order valence-corrected chi connectivity index (χ3v) is 5.94. The van der Waals surface area contributed by atoms with Crippen molar-refractivity contribution in [3.8, 4) is 10.6 Å². The number of ether oxygens (including phenoxy) is 1. The first kappa shape index (κ1) is 19.2. The molecule has 0 saturated heterocycles. The molecule has 9 heteroatoms. The van der Waals surface area contributed by atoms with Crippen LogP contribution >= 0.6 is 23.1 Å². The van der Waals surface area contributed by atoms with E-state index in [9.17, 15) is 9.59 Å². The van der Waals surface area contributed by atoms with Crippen LogP contribution in [-0.4, -0.2) is 39.3 Å². The number of carbonyl (C=O) groups is 2. The standard InChI is InChI=1S/C20H16N4O3S2/c1-27-20(26)13-4-6-14(7-5-13)22-18(25)12-29-19-16-11-15(17-3-2-10-28-17)23-24(16)9-8-21-19/h2-11H,12H2,1H3,(H,22,25). The van der Waals surface area contributed by atoms with E-state index in [2.05, 4.69) is 20.1 Å². The van der Waals surface area contributed by atoms with E-state index in [0.29, 0.717) is 11.3 Å². The molecule has 0 bridgehead atoms. The van der Waals surface area contributed by atoms with E-state index in [1.54, 1.807) is 52.5 Å². The number of nitrogens with zero attached hydrogens (tertiary/aromatic N) is 3. The number of benzene rings is 1. The lowest BCUT2D eigenvalue weighted by molar-refractivity contribution is -0.113. The fourth-order valence-electron chi connectivity index (χ4n) is 2.69. The second kappa shape index (κ2) is 8.46. The highest BCUT2D eigenvalue weighted by Crippen LogP contribution is 2.28. The molecule has 1 N–H and O–H groups in total. The number of thiophene rings is 1. The van der Waals surface area contributed by atoms with E-state index in [1.807, 2.05) is 23.6 Å². The molecule has 146 valence electrons. The highest BCUT2D eigenvalue weighted by atomic mass is 32.2. The van der Waals surface area contributed by atoms with Gasteiger partial charge in [-0.1, -0.05) is 17.8 Å². The molecule has 1 aromatic carbocycles. The lowest BCUT2D eigenvalue weighted by Gasteiger charge is -2.06. The van der Waals surface area contributed by atoms with Crippen molar-refractivity contribution >= 4 is 46.2 Å². The predicted molar refractivity (Wildman–Crippen MR) is 113 cm³/mol. The highest BCUT2D eigenvalue weighted by Gasteiger charge is 2.12. The topological polar surface area (TPSA) is 85.6 Å². The summed E-state index contributed by atoms with van der Waals surface area (Å²) in [7, 11) is 1.33. The molecule has 4 rings (SSSR count). The molecule has 0 aliphatic rings. The minimum atomic E-state index is -0.416. The number of aromatic nitrogens is 3. The van der Waals surface area contributed by atoms with Gasteiger partial charge in [0.25, 0.3) is 0 Å². The number of thioether (sulfide) groups is 1. The number of esters is 1. The normalized spacial score (nSPS) is 10.8. The third kappa shape index (κ3) is 4.30. The zero-order valence-electron chi connectivity index (χ0n) is 15.4. The summed E-state index contributed by atoms with van der Waals surface area (Å²) < 4.78 is 6.43. The maximum Gasteiger partial charge on any atom is 0.337 e. The molecule has 1 amide bonds. The van der Waals surface area contributed by atoms with Gasteiger partial charge >= 0.3 is 5.97 Å². The van der Waals surface area contributed by atoms with Gasteiger partial charge in [0.2, 0.25) is 5.91 Å². The SMILES string of the molecule is COC(=O)c1ccc(NC(=O)CSc2nccn3nc(-c4cccs4)cc23)cc1. The zero-order valence-corrected chi connectivity index (χ0v) is 17.0. The molecule has 7 nitrogen and oxygen atoms in total. The van der Waals surface area contributed by atoms with Crippen LogP contribution in [0.5, 0.6) is 0 Å². The zero-order chi connectivity index (χ0) is 20.2. The second-order valence-electron chi connectivity index (χ2n) is 5.97.